The summed E-state index contributed by atoms with van der Waals surface area (Å²) >= 11 is 0. The van der Waals surface area contributed by atoms with Crippen molar-refractivity contribution in [1.82, 2.24) is 9.97 Å². The highest BCUT2D eigenvalue weighted by atomic mass is 16.6. The quantitative estimate of drug-likeness (QED) is 0.362. The molecule has 10 nitrogen and oxygen atoms in total. The first-order valence-electron chi connectivity index (χ1n) is 8.28. The van der Waals surface area contributed by atoms with E-state index in [-0.39, 0.29) is 34.2 Å². The molecular weight excluding hydrogens is 380 g/mol. The second-order valence-electron chi connectivity index (χ2n) is 5.96. The Labute approximate surface area is 164 Å². The molecule has 3 rings (SSSR count). The third-order valence-corrected chi connectivity index (χ3v) is 4.13. The first-order valence-corrected chi connectivity index (χ1v) is 8.28. The van der Waals surface area contributed by atoms with Crippen molar-refractivity contribution in [3.05, 3.63) is 80.0 Å². The van der Waals surface area contributed by atoms with Crippen molar-refractivity contribution in [3.8, 4) is 22.6 Å². The van der Waals surface area contributed by atoms with Gasteiger partial charge < -0.3 is 4.74 Å². The average molecular weight is 394 g/mol. The van der Waals surface area contributed by atoms with E-state index in [0.717, 1.165) is 0 Å². The molecule has 0 saturated carbocycles. The average Bonchev–Trinajstić information content (AvgIpc) is 2.72. The summed E-state index contributed by atoms with van der Waals surface area (Å²) in [4.78, 5) is 42.1. The van der Waals surface area contributed by atoms with Gasteiger partial charge in [-0.05, 0) is 6.92 Å². The number of methoxy groups -OCH3 is 1. The summed E-state index contributed by atoms with van der Waals surface area (Å²) in [5, 5.41) is 22.2. The molecular formula is C19H14N4O6. The summed E-state index contributed by atoms with van der Waals surface area (Å²) in [6.07, 6.45) is 0. The third-order valence-electron chi connectivity index (χ3n) is 4.13. The Morgan fingerprint density at radius 2 is 1.48 bits per heavy atom. The number of aromatic nitrogens is 2. The Balaban J connectivity index is 2.27. The van der Waals surface area contributed by atoms with Gasteiger partial charge in [-0.25, -0.2) is 14.8 Å². The third kappa shape index (κ3) is 3.90. The van der Waals surface area contributed by atoms with Crippen molar-refractivity contribution in [2.45, 2.75) is 6.92 Å². The number of hydrogen-bond donors (Lipinski definition) is 0. The normalized spacial score (nSPS) is 10.4. The van der Waals surface area contributed by atoms with Crippen molar-refractivity contribution in [2.75, 3.05) is 7.11 Å². The number of nitro groups is 2. The predicted molar refractivity (Wildman–Crippen MR) is 102 cm³/mol. The Morgan fingerprint density at radius 1 is 0.931 bits per heavy atom. The number of rotatable bonds is 5. The van der Waals surface area contributed by atoms with Gasteiger partial charge in [0, 0.05) is 35.4 Å². The van der Waals surface area contributed by atoms with E-state index >= 15 is 0 Å². The van der Waals surface area contributed by atoms with E-state index in [4.69, 9.17) is 4.74 Å². The van der Waals surface area contributed by atoms with Gasteiger partial charge in [0.1, 0.15) is 5.56 Å². The van der Waals surface area contributed by atoms with Gasteiger partial charge in [-0.3, -0.25) is 20.2 Å². The summed E-state index contributed by atoms with van der Waals surface area (Å²) in [7, 11) is 1.20. The lowest BCUT2D eigenvalue weighted by Gasteiger charge is -2.12. The summed E-state index contributed by atoms with van der Waals surface area (Å²) in [5.41, 5.74) is 0.831. The maximum absolute atomic E-state index is 12.3. The summed E-state index contributed by atoms with van der Waals surface area (Å²) in [6.45, 7) is 1.57. The molecule has 0 aliphatic carbocycles. The first-order chi connectivity index (χ1) is 13.8. The molecule has 2 aromatic carbocycles. The number of carbonyl (C=O) groups excluding carboxylic acids is 1. The minimum atomic E-state index is -0.699. The van der Waals surface area contributed by atoms with Gasteiger partial charge in [-0.2, -0.15) is 0 Å². The fraction of sp³-hybridized carbons (Fsp3) is 0.105. The molecule has 0 N–H and O–H groups in total. The Morgan fingerprint density at radius 3 is 2.03 bits per heavy atom. The molecule has 0 saturated heterocycles. The lowest BCUT2D eigenvalue weighted by molar-refractivity contribution is -0.385. The predicted octanol–water partition coefficient (Wildman–Crippen LogP) is 3.72. The molecule has 0 atom stereocenters. The molecule has 0 amide bonds. The molecule has 0 fully saturated rings. The van der Waals surface area contributed by atoms with Crippen LogP contribution in [0.1, 0.15) is 16.1 Å². The molecule has 1 heterocycles. The standard InChI is InChI=1S/C19H14N4O6/c1-11-16(19(24)29-2)17(12-5-3-7-14(9-12)22(25)26)21-18(20-11)13-6-4-8-15(10-13)23(27)28/h3-10H,1-2H3. The molecule has 1 aromatic heterocycles. The molecule has 0 aliphatic rings. The summed E-state index contributed by atoms with van der Waals surface area (Å²) in [5.74, 6) is -0.560. The summed E-state index contributed by atoms with van der Waals surface area (Å²) in [6, 6.07) is 11.4. The Bertz CT molecular complexity index is 1150. The van der Waals surface area contributed by atoms with Crippen LogP contribution in [0.25, 0.3) is 22.6 Å². The summed E-state index contributed by atoms with van der Waals surface area (Å²) < 4.78 is 4.81. The zero-order chi connectivity index (χ0) is 21.1. The smallest absolute Gasteiger partial charge is 0.341 e. The van der Waals surface area contributed by atoms with E-state index in [2.05, 4.69) is 9.97 Å². The van der Waals surface area contributed by atoms with E-state index < -0.39 is 15.8 Å². The highest BCUT2D eigenvalue weighted by Gasteiger charge is 2.23. The van der Waals surface area contributed by atoms with Gasteiger partial charge in [0.15, 0.2) is 5.82 Å². The van der Waals surface area contributed by atoms with Gasteiger partial charge in [0.25, 0.3) is 11.4 Å². The second kappa shape index (κ2) is 7.80. The minimum absolute atomic E-state index is 0.0576. The number of aryl methyl sites for hydroxylation is 1. The molecule has 146 valence electrons. The van der Waals surface area contributed by atoms with E-state index in [9.17, 15) is 25.0 Å². The number of nitrogens with zero attached hydrogens (tertiary/aromatic N) is 4. The molecule has 0 aliphatic heterocycles. The molecule has 0 bridgehead atoms. The highest BCUT2D eigenvalue weighted by Crippen LogP contribution is 2.30. The molecule has 29 heavy (non-hydrogen) atoms. The van der Waals surface area contributed by atoms with Crippen molar-refractivity contribution in [1.29, 1.82) is 0 Å². The number of esters is 1. The van der Waals surface area contributed by atoms with Crippen LogP contribution in [0.5, 0.6) is 0 Å². The van der Waals surface area contributed by atoms with Crippen LogP contribution >= 0.6 is 0 Å². The Kier molecular flexibility index (Phi) is 5.26. The number of carbonyl (C=O) groups is 1. The van der Waals surface area contributed by atoms with Gasteiger partial charge in [-0.1, -0.05) is 24.3 Å². The number of nitro benzene ring substituents is 2. The van der Waals surface area contributed by atoms with Gasteiger partial charge in [-0.15, -0.1) is 0 Å². The fourth-order valence-corrected chi connectivity index (χ4v) is 2.78. The van der Waals surface area contributed by atoms with Crippen LogP contribution in [-0.2, 0) is 4.74 Å². The van der Waals surface area contributed by atoms with Crippen LogP contribution in [0.4, 0.5) is 11.4 Å². The van der Waals surface area contributed by atoms with Gasteiger partial charge >= 0.3 is 5.97 Å². The van der Waals surface area contributed by atoms with E-state index in [1.165, 1.54) is 43.5 Å². The first kappa shape index (κ1) is 19.5. The van der Waals surface area contributed by atoms with Crippen molar-refractivity contribution in [2.24, 2.45) is 0 Å². The number of benzene rings is 2. The van der Waals surface area contributed by atoms with Crippen molar-refractivity contribution < 1.29 is 19.4 Å². The number of non-ortho nitro benzene ring substituents is 2. The zero-order valence-electron chi connectivity index (χ0n) is 15.4. The van der Waals surface area contributed by atoms with E-state index in [0.29, 0.717) is 11.1 Å². The maximum atomic E-state index is 12.3. The van der Waals surface area contributed by atoms with Crippen molar-refractivity contribution in [3.63, 3.8) is 0 Å². The second-order valence-corrected chi connectivity index (χ2v) is 5.96. The Hall–Kier alpha value is -4.21. The molecule has 0 unspecified atom stereocenters. The van der Waals surface area contributed by atoms with Crippen LogP contribution in [0.15, 0.2) is 48.5 Å². The van der Waals surface area contributed by atoms with Crippen molar-refractivity contribution >= 4 is 17.3 Å². The SMILES string of the molecule is COC(=O)c1c(C)nc(-c2cccc([N+](=O)[O-])c2)nc1-c1cccc([N+](=O)[O-])c1. The van der Waals surface area contributed by atoms with Crippen LogP contribution in [0.3, 0.4) is 0 Å². The molecule has 0 spiro atoms. The monoisotopic (exact) mass is 394 g/mol. The van der Waals surface area contributed by atoms with Gasteiger partial charge in [0.05, 0.1) is 28.3 Å². The number of hydrogen-bond acceptors (Lipinski definition) is 8. The van der Waals surface area contributed by atoms with Crippen LogP contribution in [-0.4, -0.2) is 32.9 Å². The topological polar surface area (TPSA) is 138 Å². The molecule has 10 heteroatoms. The van der Waals surface area contributed by atoms with Crippen LogP contribution in [0, 0.1) is 27.2 Å². The van der Waals surface area contributed by atoms with E-state index in [1.807, 2.05) is 0 Å². The van der Waals surface area contributed by atoms with Gasteiger partial charge in [0.2, 0.25) is 0 Å². The number of ether oxygens (including phenoxy) is 1. The van der Waals surface area contributed by atoms with E-state index in [1.54, 1.807) is 19.1 Å². The lowest BCUT2D eigenvalue weighted by atomic mass is 10.0. The molecule has 3 aromatic rings. The van der Waals surface area contributed by atoms with Crippen LogP contribution in [0.2, 0.25) is 0 Å². The fourth-order valence-electron chi connectivity index (χ4n) is 2.78. The minimum Gasteiger partial charge on any atom is -0.465 e. The maximum Gasteiger partial charge on any atom is 0.341 e. The lowest BCUT2D eigenvalue weighted by Crippen LogP contribution is -2.11. The largest absolute Gasteiger partial charge is 0.465 e. The molecule has 0 radical (unpaired) electrons. The van der Waals surface area contributed by atoms with Crippen LogP contribution < -0.4 is 0 Å². The highest BCUT2D eigenvalue weighted by molar-refractivity contribution is 5.97. The zero-order valence-corrected chi connectivity index (χ0v) is 15.4.